The fourth-order valence-electron chi connectivity index (χ4n) is 1.06. The van der Waals surface area contributed by atoms with Gasteiger partial charge in [0, 0.05) is 12.5 Å². The zero-order valence-corrected chi connectivity index (χ0v) is 10.5. The van der Waals surface area contributed by atoms with Gasteiger partial charge in [-0.2, -0.15) is 0 Å². The summed E-state index contributed by atoms with van der Waals surface area (Å²) < 4.78 is 5.07. The summed E-state index contributed by atoms with van der Waals surface area (Å²) in [7, 11) is 0. The summed E-state index contributed by atoms with van der Waals surface area (Å²) in [5, 5.41) is 3.34. The van der Waals surface area contributed by atoms with E-state index >= 15 is 0 Å². The van der Waals surface area contributed by atoms with Gasteiger partial charge >= 0.3 is 5.97 Å². The van der Waals surface area contributed by atoms with Crippen LogP contribution in [0.25, 0.3) is 0 Å². The zero-order chi connectivity index (χ0) is 11.7. The van der Waals surface area contributed by atoms with Gasteiger partial charge in [-0.05, 0) is 32.2 Å². The second kappa shape index (κ2) is 8.72. The maximum absolute atomic E-state index is 11.2. The zero-order valence-electron chi connectivity index (χ0n) is 10.5. The van der Waals surface area contributed by atoms with Crippen LogP contribution in [-0.4, -0.2) is 25.2 Å². The summed E-state index contributed by atoms with van der Waals surface area (Å²) in [6, 6.07) is 0.539. The van der Waals surface area contributed by atoms with Crippen LogP contribution in [0.3, 0.4) is 0 Å². The average molecular weight is 215 g/mol. The molecule has 0 aromatic carbocycles. The Hall–Kier alpha value is -0.570. The van der Waals surface area contributed by atoms with Crippen molar-refractivity contribution in [3.05, 3.63) is 0 Å². The molecule has 0 fully saturated rings. The molecule has 0 aromatic heterocycles. The van der Waals surface area contributed by atoms with Crippen molar-refractivity contribution in [2.24, 2.45) is 5.92 Å². The number of hydrogen-bond acceptors (Lipinski definition) is 3. The first kappa shape index (κ1) is 14.4. The fourth-order valence-corrected chi connectivity index (χ4v) is 1.06. The van der Waals surface area contributed by atoms with Crippen LogP contribution in [0.5, 0.6) is 0 Å². The van der Waals surface area contributed by atoms with E-state index in [1.807, 2.05) is 13.8 Å². The summed E-state index contributed by atoms with van der Waals surface area (Å²) in [6.45, 7) is 9.81. The van der Waals surface area contributed by atoms with Crippen LogP contribution < -0.4 is 5.32 Å². The third kappa shape index (κ3) is 9.73. The molecular formula is C12H25NO2. The molecule has 1 N–H and O–H groups in total. The van der Waals surface area contributed by atoms with Crippen molar-refractivity contribution >= 4 is 5.97 Å². The van der Waals surface area contributed by atoms with Gasteiger partial charge in [0.1, 0.15) is 0 Å². The lowest BCUT2D eigenvalue weighted by atomic mass is 10.2. The molecule has 90 valence electrons. The lowest BCUT2D eigenvalue weighted by molar-refractivity contribution is -0.144. The molecule has 0 radical (unpaired) electrons. The molecule has 0 heterocycles. The minimum absolute atomic E-state index is 0.0744. The monoisotopic (exact) mass is 215 g/mol. The number of carbonyl (C=O) groups excluding carboxylic acids is 1. The Morgan fingerprint density at radius 1 is 1.33 bits per heavy atom. The first-order valence-corrected chi connectivity index (χ1v) is 5.95. The van der Waals surface area contributed by atoms with Gasteiger partial charge in [-0.15, -0.1) is 0 Å². The molecule has 0 aliphatic heterocycles. The third-order valence-electron chi connectivity index (χ3n) is 2.24. The molecule has 1 unspecified atom stereocenters. The first-order valence-electron chi connectivity index (χ1n) is 5.95. The van der Waals surface area contributed by atoms with Crippen molar-refractivity contribution in [1.29, 1.82) is 0 Å². The molecule has 0 aliphatic rings. The fraction of sp³-hybridized carbons (Fsp3) is 0.917. The standard InChI is InChI=1S/C12H25NO2/c1-5-11(4)13-8-6-7-12(14)15-9-10(2)3/h10-11,13H,5-9H2,1-4H3. The number of ether oxygens (including phenoxy) is 1. The van der Waals surface area contributed by atoms with Crippen molar-refractivity contribution in [1.82, 2.24) is 5.32 Å². The number of hydrogen-bond donors (Lipinski definition) is 1. The molecular weight excluding hydrogens is 190 g/mol. The molecule has 0 saturated heterocycles. The Morgan fingerprint density at radius 3 is 2.53 bits per heavy atom. The molecule has 1 atom stereocenters. The Bertz CT molecular complexity index is 169. The normalized spacial score (nSPS) is 12.9. The summed E-state index contributed by atoms with van der Waals surface area (Å²) in [5.41, 5.74) is 0. The summed E-state index contributed by atoms with van der Waals surface area (Å²) in [4.78, 5) is 11.2. The molecule has 0 amide bonds. The van der Waals surface area contributed by atoms with Gasteiger partial charge in [-0.25, -0.2) is 0 Å². The number of rotatable bonds is 8. The van der Waals surface area contributed by atoms with Crippen LogP contribution in [0.15, 0.2) is 0 Å². The van der Waals surface area contributed by atoms with Crippen molar-refractivity contribution in [3.8, 4) is 0 Å². The SMILES string of the molecule is CCC(C)NCCCC(=O)OCC(C)C. The number of nitrogens with one attached hydrogen (secondary N) is 1. The highest BCUT2D eigenvalue weighted by Crippen LogP contribution is 1.97. The van der Waals surface area contributed by atoms with E-state index in [9.17, 15) is 4.79 Å². The molecule has 0 bridgehead atoms. The van der Waals surface area contributed by atoms with Crippen LogP contribution in [0.1, 0.15) is 47.0 Å². The minimum atomic E-state index is -0.0744. The number of carbonyl (C=O) groups is 1. The van der Waals surface area contributed by atoms with Gasteiger partial charge in [0.25, 0.3) is 0 Å². The Morgan fingerprint density at radius 2 is 2.00 bits per heavy atom. The molecule has 0 spiro atoms. The van der Waals surface area contributed by atoms with Crippen LogP contribution in [-0.2, 0) is 9.53 Å². The highest BCUT2D eigenvalue weighted by Gasteiger charge is 2.04. The third-order valence-corrected chi connectivity index (χ3v) is 2.24. The van der Waals surface area contributed by atoms with E-state index in [0.29, 0.717) is 25.0 Å². The van der Waals surface area contributed by atoms with Crippen molar-refractivity contribution in [2.75, 3.05) is 13.2 Å². The van der Waals surface area contributed by atoms with E-state index in [1.165, 1.54) is 0 Å². The van der Waals surface area contributed by atoms with Gasteiger partial charge in [0.05, 0.1) is 6.61 Å². The lowest BCUT2D eigenvalue weighted by Crippen LogP contribution is -2.26. The molecule has 15 heavy (non-hydrogen) atoms. The molecule has 0 aliphatic carbocycles. The van der Waals surface area contributed by atoms with E-state index in [4.69, 9.17) is 4.74 Å². The highest BCUT2D eigenvalue weighted by atomic mass is 16.5. The quantitative estimate of drug-likeness (QED) is 0.499. The van der Waals surface area contributed by atoms with Crippen LogP contribution in [0.4, 0.5) is 0 Å². The van der Waals surface area contributed by atoms with E-state index in [-0.39, 0.29) is 5.97 Å². The molecule has 0 aromatic rings. The molecule has 3 heteroatoms. The highest BCUT2D eigenvalue weighted by molar-refractivity contribution is 5.69. The van der Waals surface area contributed by atoms with Crippen LogP contribution in [0, 0.1) is 5.92 Å². The number of esters is 1. The Kier molecular flexibility index (Phi) is 8.38. The lowest BCUT2D eigenvalue weighted by Gasteiger charge is -2.11. The molecule has 0 saturated carbocycles. The van der Waals surface area contributed by atoms with E-state index in [1.54, 1.807) is 0 Å². The topological polar surface area (TPSA) is 38.3 Å². The minimum Gasteiger partial charge on any atom is -0.465 e. The van der Waals surface area contributed by atoms with Crippen molar-refractivity contribution < 1.29 is 9.53 Å². The maximum Gasteiger partial charge on any atom is 0.305 e. The van der Waals surface area contributed by atoms with E-state index in [2.05, 4.69) is 19.2 Å². The molecule has 3 nitrogen and oxygen atoms in total. The molecule has 0 rings (SSSR count). The first-order chi connectivity index (χ1) is 7.06. The van der Waals surface area contributed by atoms with Gasteiger partial charge in [0.2, 0.25) is 0 Å². The Balaban J connectivity index is 3.31. The summed E-state index contributed by atoms with van der Waals surface area (Å²) in [6.07, 6.45) is 2.51. The van der Waals surface area contributed by atoms with Crippen molar-refractivity contribution in [2.45, 2.75) is 53.0 Å². The van der Waals surface area contributed by atoms with Gasteiger partial charge < -0.3 is 10.1 Å². The van der Waals surface area contributed by atoms with Gasteiger partial charge in [-0.3, -0.25) is 4.79 Å². The van der Waals surface area contributed by atoms with Crippen molar-refractivity contribution in [3.63, 3.8) is 0 Å². The predicted molar refractivity (Wildman–Crippen MR) is 62.8 cm³/mol. The second-order valence-electron chi connectivity index (χ2n) is 4.44. The van der Waals surface area contributed by atoms with Crippen LogP contribution in [0.2, 0.25) is 0 Å². The Labute approximate surface area is 93.6 Å². The van der Waals surface area contributed by atoms with Crippen LogP contribution >= 0.6 is 0 Å². The smallest absolute Gasteiger partial charge is 0.305 e. The summed E-state index contributed by atoms with van der Waals surface area (Å²) >= 11 is 0. The largest absolute Gasteiger partial charge is 0.465 e. The average Bonchev–Trinajstić information content (AvgIpc) is 2.21. The van der Waals surface area contributed by atoms with E-state index < -0.39 is 0 Å². The summed E-state index contributed by atoms with van der Waals surface area (Å²) in [5.74, 6) is 0.349. The van der Waals surface area contributed by atoms with E-state index in [0.717, 1.165) is 19.4 Å². The van der Waals surface area contributed by atoms with Gasteiger partial charge in [-0.1, -0.05) is 20.8 Å². The second-order valence-corrected chi connectivity index (χ2v) is 4.44. The predicted octanol–water partition coefficient (Wildman–Crippen LogP) is 2.35. The van der Waals surface area contributed by atoms with Gasteiger partial charge in [0.15, 0.2) is 0 Å². The maximum atomic E-state index is 11.2.